The van der Waals surface area contributed by atoms with Gasteiger partial charge in [-0.1, -0.05) is 6.92 Å². The maximum atomic E-state index is 14.5. The minimum absolute atomic E-state index is 0.186. The number of nitrogens with zero attached hydrogens (tertiary/aromatic N) is 5. The molecule has 0 bridgehead atoms. The summed E-state index contributed by atoms with van der Waals surface area (Å²) >= 11 is 0. The SMILES string of the molecule is Cc1c(F)ccc(-n2nccn2)c1C(=O)N1CCCC(C)C1CNc1nc2ccc(F)cc2o1. The molecule has 10 heteroatoms. The van der Waals surface area contributed by atoms with Crippen LogP contribution in [0, 0.1) is 24.5 Å². The third-order valence-corrected chi connectivity index (χ3v) is 6.41. The number of amides is 1. The summed E-state index contributed by atoms with van der Waals surface area (Å²) in [5, 5.41) is 11.4. The fraction of sp³-hybridized carbons (Fsp3) is 0.333. The number of oxazole rings is 1. The summed E-state index contributed by atoms with van der Waals surface area (Å²) in [6.07, 6.45) is 4.81. The van der Waals surface area contributed by atoms with Crippen LogP contribution >= 0.6 is 0 Å². The second kappa shape index (κ2) is 8.85. The van der Waals surface area contributed by atoms with Gasteiger partial charge in [0.15, 0.2) is 5.58 Å². The fourth-order valence-corrected chi connectivity index (χ4v) is 4.57. The lowest BCUT2D eigenvalue weighted by molar-refractivity contribution is 0.0537. The van der Waals surface area contributed by atoms with Crippen molar-refractivity contribution in [3.05, 3.63) is 65.5 Å². The molecule has 1 amide bonds. The maximum absolute atomic E-state index is 14.5. The Kier molecular flexibility index (Phi) is 5.72. The molecule has 0 spiro atoms. The predicted octanol–water partition coefficient (Wildman–Crippen LogP) is 4.35. The molecule has 0 aliphatic carbocycles. The Morgan fingerprint density at radius 3 is 2.79 bits per heavy atom. The van der Waals surface area contributed by atoms with E-state index < -0.39 is 11.6 Å². The molecule has 8 nitrogen and oxygen atoms in total. The smallest absolute Gasteiger partial charge is 0.295 e. The molecule has 1 aliphatic rings. The first-order valence-electron chi connectivity index (χ1n) is 11.2. The monoisotopic (exact) mass is 466 g/mol. The molecular formula is C24H24F2N6O2. The number of piperidine rings is 1. The highest BCUT2D eigenvalue weighted by molar-refractivity contribution is 5.99. The molecule has 2 aromatic heterocycles. The van der Waals surface area contributed by atoms with Crippen LogP contribution in [-0.4, -0.2) is 49.9 Å². The molecule has 2 atom stereocenters. The van der Waals surface area contributed by atoms with Crippen molar-refractivity contribution in [2.75, 3.05) is 18.4 Å². The number of hydrogen-bond acceptors (Lipinski definition) is 6. The number of aromatic nitrogens is 4. The normalized spacial score (nSPS) is 18.4. The van der Waals surface area contributed by atoms with Gasteiger partial charge in [-0.15, -0.1) is 0 Å². The van der Waals surface area contributed by atoms with Gasteiger partial charge in [0.25, 0.3) is 11.9 Å². The van der Waals surface area contributed by atoms with Crippen LogP contribution in [0.15, 0.2) is 47.1 Å². The van der Waals surface area contributed by atoms with Gasteiger partial charge in [0.1, 0.15) is 17.2 Å². The van der Waals surface area contributed by atoms with E-state index in [1.165, 1.54) is 41.5 Å². The number of anilines is 1. The van der Waals surface area contributed by atoms with Gasteiger partial charge in [0.05, 0.1) is 29.7 Å². The number of hydrogen-bond donors (Lipinski definition) is 1. The van der Waals surface area contributed by atoms with Crippen LogP contribution < -0.4 is 5.32 Å². The number of halogens is 2. The van der Waals surface area contributed by atoms with Gasteiger partial charge in [-0.05, 0) is 55.5 Å². The molecule has 1 saturated heterocycles. The predicted molar refractivity (Wildman–Crippen MR) is 122 cm³/mol. The summed E-state index contributed by atoms with van der Waals surface area (Å²) in [6, 6.07) is 7.07. The third kappa shape index (κ3) is 4.00. The van der Waals surface area contributed by atoms with Crippen LogP contribution in [0.25, 0.3) is 16.8 Å². The zero-order chi connectivity index (χ0) is 23.8. The van der Waals surface area contributed by atoms with Crippen molar-refractivity contribution in [2.24, 2.45) is 5.92 Å². The highest BCUT2D eigenvalue weighted by Gasteiger charge is 2.35. The number of benzene rings is 2. The molecular weight excluding hydrogens is 442 g/mol. The lowest BCUT2D eigenvalue weighted by Crippen LogP contribution is -2.51. The van der Waals surface area contributed by atoms with Crippen LogP contribution in [-0.2, 0) is 0 Å². The quantitative estimate of drug-likeness (QED) is 0.471. The lowest BCUT2D eigenvalue weighted by atomic mass is 9.89. The number of likely N-dealkylation sites (tertiary alicyclic amines) is 1. The van der Waals surface area contributed by atoms with Gasteiger partial charge >= 0.3 is 0 Å². The highest BCUT2D eigenvalue weighted by atomic mass is 19.1. The average molecular weight is 466 g/mol. The first-order valence-corrected chi connectivity index (χ1v) is 11.2. The molecule has 176 valence electrons. The molecule has 1 N–H and O–H groups in total. The second-order valence-corrected chi connectivity index (χ2v) is 8.58. The van der Waals surface area contributed by atoms with Gasteiger partial charge in [-0.2, -0.15) is 20.0 Å². The molecule has 3 heterocycles. The Bertz CT molecular complexity index is 1340. The highest BCUT2D eigenvalue weighted by Crippen LogP contribution is 2.29. The summed E-state index contributed by atoms with van der Waals surface area (Å²) in [6.45, 7) is 4.59. The van der Waals surface area contributed by atoms with E-state index in [1.54, 1.807) is 17.9 Å². The topological polar surface area (TPSA) is 89.1 Å². The zero-order valence-electron chi connectivity index (χ0n) is 18.8. The number of rotatable bonds is 5. The van der Waals surface area contributed by atoms with Crippen molar-refractivity contribution in [1.82, 2.24) is 24.9 Å². The van der Waals surface area contributed by atoms with Gasteiger partial charge in [-0.3, -0.25) is 4.79 Å². The van der Waals surface area contributed by atoms with Crippen molar-refractivity contribution in [3.8, 4) is 5.69 Å². The van der Waals surface area contributed by atoms with Crippen LogP contribution in [0.4, 0.5) is 14.8 Å². The minimum atomic E-state index is -0.460. The van der Waals surface area contributed by atoms with Gasteiger partial charge in [0, 0.05) is 19.2 Å². The number of nitrogens with one attached hydrogen (secondary N) is 1. The van der Waals surface area contributed by atoms with E-state index in [-0.39, 0.29) is 35.0 Å². The van der Waals surface area contributed by atoms with Crippen molar-refractivity contribution in [1.29, 1.82) is 0 Å². The molecule has 4 aromatic rings. The van der Waals surface area contributed by atoms with E-state index in [4.69, 9.17) is 4.42 Å². The van der Waals surface area contributed by atoms with E-state index in [1.807, 2.05) is 0 Å². The standard InChI is InChI=1S/C24H24F2N6O2/c1-14-4-3-11-31(20(14)13-27-24-30-18-7-5-16(25)12-21(18)34-24)23(33)22-15(2)17(26)6-8-19(22)32-28-9-10-29-32/h5-10,12,14,20H,3-4,11,13H2,1-2H3,(H,27,30). The van der Waals surface area contributed by atoms with Gasteiger partial charge < -0.3 is 14.6 Å². The van der Waals surface area contributed by atoms with Crippen molar-refractivity contribution >= 4 is 23.0 Å². The summed E-state index contributed by atoms with van der Waals surface area (Å²) < 4.78 is 33.6. The Morgan fingerprint density at radius 1 is 1.21 bits per heavy atom. The fourth-order valence-electron chi connectivity index (χ4n) is 4.57. The van der Waals surface area contributed by atoms with Gasteiger partial charge in [-0.25, -0.2) is 8.78 Å². The summed E-state index contributed by atoms with van der Waals surface area (Å²) in [5.41, 5.74) is 1.82. The van der Waals surface area contributed by atoms with Crippen LogP contribution in [0.1, 0.15) is 35.7 Å². The molecule has 0 saturated carbocycles. The second-order valence-electron chi connectivity index (χ2n) is 8.58. The summed E-state index contributed by atoms with van der Waals surface area (Å²) in [7, 11) is 0. The number of fused-ring (bicyclic) bond motifs is 1. The van der Waals surface area contributed by atoms with E-state index in [2.05, 4.69) is 27.4 Å². The number of carbonyl (C=O) groups excluding carboxylic acids is 1. The molecule has 1 aliphatic heterocycles. The minimum Gasteiger partial charge on any atom is -0.423 e. The number of carbonyl (C=O) groups is 1. The molecule has 5 rings (SSSR count). The van der Waals surface area contributed by atoms with E-state index in [0.717, 1.165) is 12.8 Å². The Morgan fingerprint density at radius 2 is 2.00 bits per heavy atom. The van der Waals surface area contributed by atoms with E-state index in [0.29, 0.717) is 29.9 Å². The van der Waals surface area contributed by atoms with Gasteiger partial charge in [0.2, 0.25) is 0 Å². The Balaban J connectivity index is 1.44. The molecule has 2 aromatic carbocycles. The van der Waals surface area contributed by atoms with Crippen molar-refractivity contribution < 1.29 is 18.0 Å². The summed E-state index contributed by atoms with van der Waals surface area (Å²) in [5.74, 6) is -0.951. The largest absolute Gasteiger partial charge is 0.423 e. The third-order valence-electron chi connectivity index (χ3n) is 6.41. The Hall–Kier alpha value is -3.82. The first-order chi connectivity index (χ1) is 16.4. The zero-order valence-corrected chi connectivity index (χ0v) is 18.8. The average Bonchev–Trinajstić information content (AvgIpc) is 3.49. The van der Waals surface area contributed by atoms with E-state index >= 15 is 0 Å². The molecule has 34 heavy (non-hydrogen) atoms. The summed E-state index contributed by atoms with van der Waals surface area (Å²) in [4.78, 5) is 21.3. The molecule has 0 radical (unpaired) electrons. The molecule has 1 fully saturated rings. The van der Waals surface area contributed by atoms with Crippen molar-refractivity contribution in [2.45, 2.75) is 32.7 Å². The molecule has 2 unspecified atom stereocenters. The maximum Gasteiger partial charge on any atom is 0.295 e. The van der Waals surface area contributed by atoms with Crippen molar-refractivity contribution in [3.63, 3.8) is 0 Å². The van der Waals surface area contributed by atoms with Crippen LogP contribution in [0.5, 0.6) is 0 Å². The Labute approximate surface area is 194 Å². The van der Waals surface area contributed by atoms with Crippen LogP contribution in [0.3, 0.4) is 0 Å². The first kappa shape index (κ1) is 22.0. The lowest BCUT2D eigenvalue weighted by Gasteiger charge is -2.40. The van der Waals surface area contributed by atoms with Crippen LogP contribution in [0.2, 0.25) is 0 Å². The van der Waals surface area contributed by atoms with E-state index in [9.17, 15) is 13.6 Å².